The van der Waals surface area contributed by atoms with Crippen molar-refractivity contribution in [3.8, 4) is 0 Å². The summed E-state index contributed by atoms with van der Waals surface area (Å²) < 4.78 is 1.02. The average molecular weight is 327 g/mol. The zero-order valence-electron chi connectivity index (χ0n) is 10.7. The van der Waals surface area contributed by atoms with Crippen molar-refractivity contribution in [1.29, 1.82) is 0 Å². The molecule has 0 spiro atoms. The van der Waals surface area contributed by atoms with Crippen molar-refractivity contribution in [1.82, 2.24) is 10.6 Å². The Labute approximate surface area is 121 Å². The lowest BCUT2D eigenvalue weighted by Gasteiger charge is -2.15. The summed E-state index contributed by atoms with van der Waals surface area (Å²) in [7, 11) is 0. The summed E-state index contributed by atoms with van der Waals surface area (Å²) in [4.78, 5) is 11.6. The quantitative estimate of drug-likeness (QED) is 0.795. The Bertz CT molecular complexity index is 422. The number of urea groups is 1. The predicted molar refractivity (Wildman–Crippen MR) is 77.7 cm³/mol. The molecule has 1 aliphatic carbocycles. The van der Waals surface area contributed by atoms with Crippen molar-refractivity contribution < 1.29 is 9.90 Å². The smallest absolute Gasteiger partial charge is 0.315 e. The lowest BCUT2D eigenvalue weighted by atomic mass is 10.1. The van der Waals surface area contributed by atoms with Crippen molar-refractivity contribution in [3.05, 3.63) is 34.3 Å². The van der Waals surface area contributed by atoms with Crippen LogP contribution in [0.4, 0.5) is 4.79 Å². The van der Waals surface area contributed by atoms with Gasteiger partial charge in [0, 0.05) is 23.5 Å². The second-order valence-corrected chi connectivity index (χ2v) is 5.86. The molecule has 19 heavy (non-hydrogen) atoms. The molecule has 2 amide bonds. The van der Waals surface area contributed by atoms with Gasteiger partial charge in [-0.15, -0.1) is 0 Å². The summed E-state index contributed by atoms with van der Waals surface area (Å²) in [6.07, 6.45) is 2.64. The Kier molecular flexibility index (Phi) is 5.22. The van der Waals surface area contributed by atoms with Gasteiger partial charge in [-0.3, -0.25) is 0 Å². The Hall–Kier alpha value is -1.07. The second-order valence-electron chi connectivity index (χ2n) is 4.95. The fourth-order valence-electron chi connectivity index (χ4n) is 2.33. The Morgan fingerprint density at radius 1 is 1.26 bits per heavy atom. The molecule has 3 N–H and O–H groups in total. The number of aliphatic hydroxyl groups excluding tert-OH is 1. The minimum atomic E-state index is -0.258. The van der Waals surface area contributed by atoms with Crippen LogP contribution in [-0.4, -0.2) is 23.8 Å². The number of hydrogen-bond donors (Lipinski definition) is 3. The topological polar surface area (TPSA) is 61.4 Å². The zero-order valence-corrected chi connectivity index (χ0v) is 12.3. The number of benzene rings is 1. The zero-order chi connectivity index (χ0) is 13.7. The van der Waals surface area contributed by atoms with E-state index in [1.54, 1.807) is 0 Å². The minimum Gasteiger partial charge on any atom is -0.393 e. The summed E-state index contributed by atoms with van der Waals surface area (Å²) >= 11 is 3.37. The second kappa shape index (κ2) is 6.91. The molecule has 2 rings (SSSR count). The van der Waals surface area contributed by atoms with Crippen LogP contribution in [0.3, 0.4) is 0 Å². The lowest BCUT2D eigenvalue weighted by molar-refractivity contribution is 0.132. The Balaban J connectivity index is 1.68. The molecule has 104 valence electrons. The maximum Gasteiger partial charge on any atom is 0.315 e. The standard InChI is InChI=1S/C14H19BrN2O2/c15-12-6-4-10(5-7-12)8-16-14(19)17-9-11-2-1-3-13(11)18/h4-7,11,13,18H,1-3,8-9H2,(H2,16,17,19). The fourth-order valence-corrected chi connectivity index (χ4v) is 2.59. The highest BCUT2D eigenvalue weighted by Crippen LogP contribution is 2.24. The van der Waals surface area contributed by atoms with Gasteiger partial charge < -0.3 is 15.7 Å². The van der Waals surface area contributed by atoms with E-state index in [2.05, 4.69) is 26.6 Å². The van der Waals surface area contributed by atoms with Gasteiger partial charge in [0.2, 0.25) is 0 Å². The summed E-state index contributed by atoms with van der Waals surface area (Å²) in [5.74, 6) is 0.207. The minimum absolute atomic E-state index is 0.179. The van der Waals surface area contributed by atoms with Crippen LogP contribution in [0.2, 0.25) is 0 Å². The third kappa shape index (κ3) is 4.51. The van der Waals surface area contributed by atoms with E-state index in [0.29, 0.717) is 13.1 Å². The third-order valence-electron chi connectivity index (χ3n) is 3.51. The summed E-state index contributed by atoms with van der Waals surface area (Å²) in [5, 5.41) is 15.3. The molecule has 0 aromatic heterocycles. The van der Waals surface area contributed by atoms with E-state index in [4.69, 9.17) is 0 Å². The number of carbonyl (C=O) groups excluding carboxylic acids is 1. The Morgan fingerprint density at radius 3 is 2.63 bits per heavy atom. The Morgan fingerprint density at radius 2 is 2.00 bits per heavy atom. The van der Waals surface area contributed by atoms with Crippen molar-refractivity contribution in [2.75, 3.05) is 6.54 Å². The molecule has 1 saturated carbocycles. The number of carbonyl (C=O) groups is 1. The van der Waals surface area contributed by atoms with Gasteiger partial charge >= 0.3 is 6.03 Å². The van der Waals surface area contributed by atoms with E-state index in [0.717, 1.165) is 29.3 Å². The molecule has 4 nitrogen and oxygen atoms in total. The highest BCUT2D eigenvalue weighted by atomic mass is 79.9. The number of aliphatic hydroxyl groups is 1. The molecular weight excluding hydrogens is 308 g/mol. The molecule has 2 unspecified atom stereocenters. The fraction of sp³-hybridized carbons (Fsp3) is 0.500. The van der Waals surface area contributed by atoms with Crippen molar-refractivity contribution in [2.45, 2.75) is 31.9 Å². The van der Waals surface area contributed by atoms with Gasteiger partial charge in [0.15, 0.2) is 0 Å². The van der Waals surface area contributed by atoms with Gasteiger partial charge in [-0.1, -0.05) is 34.5 Å². The largest absolute Gasteiger partial charge is 0.393 e. The number of nitrogens with one attached hydrogen (secondary N) is 2. The summed E-state index contributed by atoms with van der Waals surface area (Å²) in [6.45, 7) is 1.06. The SMILES string of the molecule is O=C(NCc1ccc(Br)cc1)NCC1CCCC1O. The molecule has 0 saturated heterocycles. The lowest BCUT2D eigenvalue weighted by Crippen LogP contribution is -2.39. The predicted octanol–water partition coefficient (Wildman–Crippen LogP) is 2.41. The third-order valence-corrected chi connectivity index (χ3v) is 4.04. The van der Waals surface area contributed by atoms with Gasteiger partial charge in [-0.2, -0.15) is 0 Å². The number of hydrogen-bond acceptors (Lipinski definition) is 2. The molecule has 0 aliphatic heterocycles. The first-order chi connectivity index (χ1) is 9.15. The molecule has 1 aromatic rings. The van der Waals surface area contributed by atoms with Crippen LogP contribution in [-0.2, 0) is 6.54 Å². The molecule has 0 radical (unpaired) electrons. The first kappa shape index (κ1) is 14.3. The molecule has 0 bridgehead atoms. The van der Waals surface area contributed by atoms with Crippen LogP contribution in [0.1, 0.15) is 24.8 Å². The molecule has 1 aromatic carbocycles. The van der Waals surface area contributed by atoms with E-state index in [1.807, 2.05) is 24.3 Å². The van der Waals surface area contributed by atoms with Gasteiger partial charge in [-0.05, 0) is 30.5 Å². The number of rotatable bonds is 4. The van der Waals surface area contributed by atoms with Crippen LogP contribution in [0.15, 0.2) is 28.7 Å². The van der Waals surface area contributed by atoms with Crippen LogP contribution in [0.5, 0.6) is 0 Å². The maximum atomic E-state index is 11.6. The van der Waals surface area contributed by atoms with Crippen molar-refractivity contribution in [2.24, 2.45) is 5.92 Å². The highest BCUT2D eigenvalue weighted by Gasteiger charge is 2.25. The van der Waals surface area contributed by atoms with Crippen LogP contribution in [0.25, 0.3) is 0 Å². The van der Waals surface area contributed by atoms with E-state index in [9.17, 15) is 9.90 Å². The number of amides is 2. The van der Waals surface area contributed by atoms with Crippen molar-refractivity contribution >= 4 is 22.0 Å². The van der Waals surface area contributed by atoms with Gasteiger partial charge in [-0.25, -0.2) is 4.79 Å². The van der Waals surface area contributed by atoms with E-state index in [1.165, 1.54) is 0 Å². The van der Waals surface area contributed by atoms with Gasteiger partial charge in [0.05, 0.1) is 6.10 Å². The van der Waals surface area contributed by atoms with Gasteiger partial charge in [0.25, 0.3) is 0 Å². The first-order valence-electron chi connectivity index (χ1n) is 6.59. The molecular formula is C14H19BrN2O2. The average Bonchev–Trinajstić information content (AvgIpc) is 2.81. The van der Waals surface area contributed by atoms with E-state index in [-0.39, 0.29) is 18.1 Å². The van der Waals surface area contributed by atoms with E-state index < -0.39 is 0 Å². The van der Waals surface area contributed by atoms with E-state index >= 15 is 0 Å². The highest BCUT2D eigenvalue weighted by molar-refractivity contribution is 9.10. The van der Waals surface area contributed by atoms with Crippen LogP contribution >= 0.6 is 15.9 Å². The molecule has 1 aliphatic rings. The number of halogens is 1. The van der Waals surface area contributed by atoms with Crippen LogP contribution < -0.4 is 10.6 Å². The van der Waals surface area contributed by atoms with Crippen LogP contribution in [0, 0.1) is 5.92 Å². The summed E-state index contributed by atoms with van der Waals surface area (Å²) in [6, 6.07) is 7.64. The molecule has 1 fully saturated rings. The molecule has 2 atom stereocenters. The molecule has 5 heteroatoms. The summed E-state index contributed by atoms with van der Waals surface area (Å²) in [5.41, 5.74) is 1.05. The van der Waals surface area contributed by atoms with Gasteiger partial charge in [0.1, 0.15) is 0 Å². The maximum absolute atomic E-state index is 11.6. The monoisotopic (exact) mass is 326 g/mol. The normalized spacial score (nSPS) is 22.2. The first-order valence-corrected chi connectivity index (χ1v) is 7.38. The van der Waals surface area contributed by atoms with Crippen molar-refractivity contribution in [3.63, 3.8) is 0 Å². The molecule has 0 heterocycles.